The maximum Gasteiger partial charge on any atom is 0.317 e. The number of hydrogen-bond donors (Lipinski definition) is 1. The zero-order valence-electron chi connectivity index (χ0n) is 6.95. The highest BCUT2D eigenvalue weighted by molar-refractivity contribution is 5.52. The molecule has 0 spiro atoms. The quantitative estimate of drug-likeness (QED) is 0.587. The van der Waals surface area contributed by atoms with Gasteiger partial charge in [-0.25, -0.2) is 0 Å². The minimum atomic E-state index is -1.58. The second kappa shape index (κ2) is 3.44. The summed E-state index contributed by atoms with van der Waals surface area (Å²) in [6, 6.07) is 0.483. The van der Waals surface area contributed by atoms with Gasteiger partial charge in [-0.2, -0.15) is 8.78 Å². The molecule has 0 saturated carbocycles. The molecular formula is C7H5F2NO4. The summed E-state index contributed by atoms with van der Waals surface area (Å²) >= 11 is 0. The van der Waals surface area contributed by atoms with Crippen molar-refractivity contribution in [3.63, 3.8) is 0 Å². The third kappa shape index (κ3) is 1.43. The van der Waals surface area contributed by atoms with Gasteiger partial charge in [0.2, 0.25) is 17.4 Å². The Morgan fingerprint density at radius 1 is 1.50 bits per heavy atom. The lowest BCUT2D eigenvalue weighted by Crippen LogP contribution is -1.99. The summed E-state index contributed by atoms with van der Waals surface area (Å²) in [5.41, 5.74) is -0.830. The predicted molar refractivity (Wildman–Crippen MR) is 41.2 cm³/mol. The summed E-state index contributed by atoms with van der Waals surface area (Å²) in [6.45, 7) is 0. The molecule has 1 rings (SSSR count). The number of nitro benzene ring substituents is 1. The molecule has 0 aliphatic carbocycles. The Morgan fingerprint density at radius 2 is 2.07 bits per heavy atom. The fraction of sp³-hybridized carbons (Fsp3) is 0.143. The summed E-state index contributed by atoms with van der Waals surface area (Å²) in [4.78, 5) is 9.34. The third-order valence-corrected chi connectivity index (χ3v) is 1.52. The van der Waals surface area contributed by atoms with E-state index in [1.54, 1.807) is 0 Å². The van der Waals surface area contributed by atoms with E-state index in [1.165, 1.54) is 0 Å². The van der Waals surface area contributed by atoms with Gasteiger partial charge in [0.05, 0.1) is 18.1 Å². The van der Waals surface area contributed by atoms with Gasteiger partial charge >= 0.3 is 5.69 Å². The van der Waals surface area contributed by atoms with Crippen LogP contribution in [0.15, 0.2) is 6.07 Å². The molecule has 76 valence electrons. The van der Waals surface area contributed by atoms with Gasteiger partial charge in [0.25, 0.3) is 0 Å². The second-order valence-electron chi connectivity index (χ2n) is 2.33. The Labute approximate surface area is 76.7 Å². The van der Waals surface area contributed by atoms with E-state index in [4.69, 9.17) is 5.11 Å². The van der Waals surface area contributed by atoms with Crippen molar-refractivity contribution in [1.82, 2.24) is 0 Å². The molecule has 7 heteroatoms. The average Bonchev–Trinajstić information content (AvgIpc) is 2.13. The Balaban J connectivity index is 3.51. The molecule has 5 nitrogen and oxygen atoms in total. The lowest BCUT2D eigenvalue weighted by atomic mass is 10.2. The summed E-state index contributed by atoms with van der Waals surface area (Å²) in [5, 5.41) is 19.1. The number of nitro groups is 1. The van der Waals surface area contributed by atoms with Gasteiger partial charge in [0.15, 0.2) is 5.75 Å². The van der Waals surface area contributed by atoms with Crippen LogP contribution in [0, 0.1) is 21.7 Å². The molecule has 0 aliphatic rings. The topological polar surface area (TPSA) is 72.6 Å². The fourth-order valence-electron chi connectivity index (χ4n) is 0.913. The number of halogens is 2. The lowest BCUT2D eigenvalue weighted by molar-refractivity contribution is -0.386. The number of benzene rings is 1. The minimum absolute atomic E-state index is 0.483. The highest BCUT2D eigenvalue weighted by atomic mass is 19.2. The molecule has 0 atom stereocenters. The van der Waals surface area contributed by atoms with Crippen LogP contribution in [0.25, 0.3) is 0 Å². The van der Waals surface area contributed by atoms with Gasteiger partial charge in [-0.1, -0.05) is 0 Å². The average molecular weight is 205 g/mol. The number of phenolic OH excluding ortho intramolecular Hbond substituents is 1. The Hall–Kier alpha value is -1.92. The molecule has 1 aromatic carbocycles. The largest absolute Gasteiger partial charge is 0.505 e. The van der Waals surface area contributed by atoms with Crippen LogP contribution in [0.1, 0.15) is 0 Å². The number of phenols is 1. The van der Waals surface area contributed by atoms with Crippen molar-refractivity contribution in [2.45, 2.75) is 0 Å². The number of rotatable bonds is 2. The number of nitrogens with zero attached hydrogens (tertiary/aromatic N) is 1. The van der Waals surface area contributed by atoms with Crippen LogP contribution in [0.4, 0.5) is 14.5 Å². The smallest absolute Gasteiger partial charge is 0.317 e. The molecule has 14 heavy (non-hydrogen) atoms. The molecule has 0 aliphatic heterocycles. The van der Waals surface area contributed by atoms with E-state index in [0.29, 0.717) is 6.07 Å². The molecule has 0 fully saturated rings. The predicted octanol–water partition coefficient (Wildman–Crippen LogP) is 1.59. The van der Waals surface area contributed by atoms with Crippen molar-refractivity contribution in [2.24, 2.45) is 0 Å². The van der Waals surface area contributed by atoms with Gasteiger partial charge in [-0.05, 0) is 0 Å². The second-order valence-corrected chi connectivity index (χ2v) is 2.33. The van der Waals surface area contributed by atoms with Gasteiger partial charge in [-0.3, -0.25) is 10.1 Å². The minimum Gasteiger partial charge on any atom is -0.505 e. The molecule has 1 N–H and O–H groups in total. The molecule has 0 saturated heterocycles. The molecule has 0 unspecified atom stereocenters. The lowest BCUT2D eigenvalue weighted by Gasteiger charge is -2.04. The Bertz CT molecular complexity index is 394. The molecule has 0 bridgehead atoms. The van der Waals surface area contributed by atoms with Gasteiger partial charge < -0.3 is 9.84 Å². The van der Waals surface area contributed by atoms with Crippen LogP contribution < -0.4 is 4.74 Å². The maximum absolute atomic E-state index is 12.9. The zero-order chi connectivity index (χ0) is 10.9. The van der Waals surface area contributed by atoms with E-state index in [2.05, 4.69) is 4.74 Å². The first-order valence-corrected chi connectivity index (χ1v) is 3.38. The van der Waals surface area contributed by atoms with Crippen molar-refractivity contribution >= 4 is 5.69 Å². The number of aromatic hydroxyl groups is 1. The first-order valence-electron chi connectivity index (χ1n) is 3.38. The molecule has 0 aromatic heterocycles. The van der Waals surface area contributed by atoms with Crippen LogP contribution in [0.5, 0.6) is 11.5 Å². The molecule has 0 heterocycles. The molecule has 0 amide bonds. The monoisotopic (exact) mass is 205 g/mol. The van der Waals surface area contributed by atoms with Crippen LogP contribution >= 0.6 is 0 Å². The number of methoxy groups -OCH3 is 1. The van der Waals surface area contributed by atoms with E-state index >= 15 is 0 Å². The molecule has 0 radical (unpaired) electrons. The Morgan fingerprint density at radius 3 is 2.50 bits per heavy atom. The van der Waals surface area contributed by atoms with E-state index in [9.17, 15) is 18.9 Å². The van der Waals surface area contributed by atoms with E-state index < -0.39 is 33.7 Å². The van der Waals surface area contributed by atoms with Crippen molar-refractivity contribution in [3.05, 3.63) is 27.8 Å². The van der Waals surface area contributed by atoms with Crippen molar-refractivity contribution < 1.29 is 23.5 Å². The van der Waals surface area contributed by atoms with E-state index in [1.807, 2.05) is 0 Å². The van der Waals surface area contributed by atoms with Crippen LogP contribution in [-0.2, 0) is 0 Å². The van der Waals surface area contributed by atoms with Crippen LogP contribution in [0.2, 0.25) is 0 Å². The van der Waals surface area contributed by atoms with Gasteiger partial charge in [0.1, 0.15) is 0 Å². The standard InChI is InChI=1S/C7H5F2NO4/c1-14-7-3(10(12)13)2-4(11)5(8)6(7)9/h2,11H,1H3. The van der Waals surface area contributed by atoms with E-state index in [0.717, 1.165) is 7.11 Å². The maximum atomic E-state index is 12.9. The highest BCUT2D eigenvalue weighted by Crippen LogP contribution is 2.36. The molecular weight excluding hydrogens is 200 g/mol. The third-order valence-electron chi connectivity index (χ3n) is 1.52. The fourth-order valence-corrected chi connectivity index (χ4v) is 0.913. The van der Waals surface area contributed by atoms with Crippen molar-refractivity contribution in [1.29, 1.82) is 0 Å². The van der Waals surface area contributed by atoms with Crippen molar-refractivity contribution in [3.8, 4) is 11.5 Å². The first kappa shape index (κ1) is 10.2. The normalized spacial score (nSPS) is 9.93. The number of hydrogen-bond acceptors (Lipinski definition) is 4. The van der Waals surface area contributed by atoms with Crippen molar-refractivity contribution in [2.75, 3.05) is 7.11 Å². The summed E-state index contributed by atoms with van der Waals surface area (Å²) in [6.07, 6.45) is 0. The van der Waals surface area contributed by atoms with Crippen LogP contribution in [-0.4, -0.2) is 17.1 Å². The number of ether oxygens (including phenoxy) is 1. The summed E-state index contributed by atoms with van der Waals surface area (Å²) in [7, 11) is 0.960. The van der Waals surface area contributed by atoms with Gasteiger partial charge in [0, 0.05) is 0 Å². The zero-order valence-corrected chi connectivity index (χ0v) is 6.95. The summed E-state index contributed by atoms with van der Waals surface area (Å²) < 4.78 is 29.9. The van der Waals surface area contributed by atoms with E-state index in [-0.39, 0.29) is 0 Å². The SMILES string of the molecule is COc1c([N+](=O)[O-])cc(O)c(F)c1F. The van der Waals surface area contributed by atoms with Gasteiger partial charge in [-0.15, -0.1) is 0 Å². The first-order chi connectivity index (χ1) is 6.49. The molecule has 1 aromatic rings. The van der Waals surface area contributed by atoms with Crippen LogP contribution in [0.3, 0.4) is 0 Å². The summed E-state index contributed by atoms with van der Waals surface area (Å²) in [5.74, 6) is -5.13. The highest BCUT2D eigenvalue weighted by Gasteiger charge is 2.25. The Kier molecular flexibility index (Phi) is 2.50.